The molecule has 4 aromatic rings. The third-order valence-corrected chi connectivity index (χ3v) is 8.61. The smallest absolute Gasteiger partial charge is 0.248 e. The van der Waals surface area contributed by atoms with Crippen LogP contribution in [0.25, 0.3) is 0 Å². The Morgan fingerprint density at radius 1 is 1.13 bits per heavy atom. The molecule has 2 aliphatic rings. The van der Waals surface area contributed by atoms with Crippen molar-refractivity contribution in [2.75, 3.05) is 11.9 Å². The number of rotatable bonds is 8. The molecule has 10 nitrogen and oxygen atoms in total. The Balaban J connectivity index is 1.22. The van der Waals surface area contributed by atoms with Gasteiger partial charge in [-0.2, -0.15) is 4.37 Å². The molecular weight excluding hydrogens is 534 g/mol. The fraction of sp³-hybridized carbons (Fsp3) is 0.333. The van der Waals surface area contributed by atoms with Gasteiger partial charge in [0, 0.05) is 59.1 Å². The van der Waals surface area contributed by atoms with Gasteiger partial charge in [-0.15, -0.1) is 0 Å². The largest absolute Gasteiger partial charge is 0.452 e. The zero-order valence-electron chi connectivity index (χ0n) is 21.2. The number of piperidine rings is 1. The molecule has 0 aliphatic carbocycles. The lowest BCUT2D eigenvalue weighted by molar-refractivity contribution is -0.138. The molecule has 200 valence electrons. The highest BCUT2D eigenvalue weighted by Gasteiger charge is 2.44. The first-order chi connectivity index (χ1) is 19.1. The minimum atomic E-state index is -0.435. The highest BCUT2D eigenvalue weighted by atomic mass is 32.2. The SMILES string of the molecule is Cc1ncccc1Oc1cc(Sc2ccccn2)cnc1Nc1nc(C2CC3CCC(C2)N3C(=O)CO)ns1. The number of nitrogens with one attached hydrogen (secondary N) is 1. The lowest BCUT2D eigenvalue weighted by Gasteiger charge is -2.37. The highest BCUT2D eigenvalue weighted by Crippen LogP contribution is 2.43. The van der Waals surface area contributed by atoms with Crippen LogP contribution in [0, 0.1) is 6.92 Å². The van der Waals surface area contributed by atoms with Crippen molar-refractivity contribution in [1.82, 2.24) is 29.2 Å². The number of nitrogens with zero attached hydrogens (tertiary/aromatic N) is 6. The normalized spacial score (nSPS) is 20.2. The van der Waals surface area contributed by atoms with Crippen LogP contribution in [-0.2, 0) is 4.79 Å². The molecule has 0 saturated carbocycles. The van der Waals surface area contributed by atoms with Crippen molar-refractivity contribution >= 4 is 40.2 Å². The van der Waals surface area contributed by atoms with Crippen molar-refractivity contribution < 1.29 is 14.6 Å². The predicted octanol–water partition coefficient (Wildman–Crippen LogP) is 4.95. The first-order valence-corrected chi connectivity index (χ1v) is 14.4. The quantitative estimate of drug-likeness (QED) is 0.305. The second kappa shape index (κ2) is 11.2. The summed E-state index contributed by atoms with van der Waals surface area (Å²) in [6.07, 6.45) is 8.81. The number of ether oxygens (including phenoxy) is 1. The maximum Gasteiger partial charge on any atom is 0.248 e. The Hall–Kier alpha value is -3.61. The van der Waals surface area contributed by atoms with E-state index in [9.17, 15) is 9.90 Å². The molecule has 0 spiro atoms. The van der Waals surface area contributed by atoms with Gasteiger partial charge in [0.1, 0.15) is 23.2 Å². The number of carbonyl (C=O) groups is 1. The average Bonchev–Trinajstić information content (AvgIpc) is 3.53. The molecule has 2 fully saturated rings. The molecule has 0 radical (unpaired) electrons. The average molecular weight is 562 g/mol. The summed E-state index contributed by atoms with van der Waals surface area (Å²) in [6.45, 7) is 1.46. The van der Waals surface area contributed by atoms with E-state index in [4.69, 9.17) is 9.72 Å². The summed E-state index contributed by atoms with van der Waals surface area (Å²) in [5.74, 6) is 2.48. The van der Waals surface area contributed by atoms with Crippen LogP contribution in [0.3, 0.4) is 0 Å². The van der Waals surface area contributed by atoms with E-state index in [2.05, 4.69) is 24.6 Å². The summed E-state index contributed by atoms with van der Waals surface area (Å²) in [6, 6.07) is 11.7. The topological polar surface area (TPSA) is 126 Å². The van der Waals surface area contributed by atoms with Crippen LogP contribution < -0.4 is 10.1 Å². The van der Waals surface area contributed by atoms with Gasteiger partial charge < -0.3 is 20.1 Å². The van der Waals surface area contributed by atoms with Gasteiger partial charge in [0.2, 0.25) is 11.0 Å². The van der Waals surface area contributed by atoms with Gasteiger partial charge in [0.15, 0.2) is 11.6 Å². The van der Waals surface area contributed by atoms with Gasteiger partial charge in [-0.05, 0) is 56.9 Å². The maximum absolute atomic E-state index is 12.2. The van der Waals surface area contributed by atoms with Crippen LogP contribution in [0.1, 0.15) is 43.1 Å². The van der Waals surface area contributed by atoms with Crippen LogP contribution in [0.4, 0.5) is 10.9 Å². The maximum atomic E-state index is 12.2. The molecule has 1 amide bonds. The lowest BCUT2D eigenvalue weighted by Crippen LogP contribution is -2.47. The van der Waals surface area contributed by atoms with E-state index in [-0.39, 0.29) is 23.9 Å². The van der Waals surface area contributed by atoms with Gasteiger partial charge in [-0.1, -0.05) is 17.8 Å². The minimum absolute atomic E-state index is 0.141. The van der Waals surface area contributed by atoms with Crippen LogP contribution >= 0.6 is 23.3 Å². The zero-order valence-corrected chi connectivity index (χ0v) is 22.9. The molecule has 2 unspecified atom stereocenters. The van der Waals surface area contributed by atoms with Crippen molar-refractivity contribution in [1.29, 1.82) is 0 Å². The second-order valence-corrected chi connectivity index (χ2v) is 11.4. The van der Waals surface area contributed by atoms with Crippen LogP contribution in [0.5, 0.6) is 11.5 Å². The Labute approximate surface area is 234 Å². The standard InChI is InChI=1S/C27H27N7O3S2/c1-16-21(5-4-10-28-16)37-22-13-20(38-23-6-2-3-9-29-23)14-30-26(22)32-27-31-25(33-39-27)17-11-18-7-8-19(12-17)34(18)24(36)15-35/h2-6,9-10,13-14,17-19,35H,7-8,11-12,15H2,1H3,(H,30,31,32,33). The number of amides is 1. The lowest BCUT2D eigenvalue weighted by atomic mass is 9.90. The van der Waals surface area contributed by atoms with Gasteiger partial charge >= 0.3 is 0 Å². The number of aliphatic hydroxyl groups excluding tert-OH is 1. The van der Waals surface area contributed by atoms with Crippen molar-refractivity contribution in [3.05, 3.63) is 66.5 Å². The van der Waals surface area contributed by atoms with Gasteiger partial charge in [0.25, 0.3) is 0 Å². The number of carbonyl (C=O) groups excluding carboxylic acids is 1. The van der Waals surface area contributed by atoms with E-state index in [1.54, 1.807) is 18.6 Å². The minimum Gasteiger partial charge on any atom is -0.452 e. The second-order valence-electron chi connectivity index (χ2n) is 9.57. The van der Waals surface area contributed by atoms with Crippen molar-refractivity contribution in [3.8, 4) is 11.5 Å². The number of hydrogen-bond donors (Lipinski definition) is 2. The van der Waals surface area contributed by atoms with E-state index >= 15 is 0 Å². The van der Waals surface area contributed by atoms with Gasteiger partial charge in [0.05, 0.1) is 5.69 Å². The molecule has 2 saturated heterocycles. The number of aliphatic hydroxyl groups is 1. The molecule has 0 aromatic carbocycles. The van der Waals surface area contributed by atoms with Crippen molar-refractivity contribution in [3.63, 3.8) is 0 Å². The third kappa shape index (κ3) is 5.58. The van der Waals surface area contributed by atoms with Gasteiger partial charge in [-0.3, -0.25) is 9.78 Å². The van der Waals surface area contributed by atoms with E-state index in [1.807, 2.05) is 48.2 Å². The molecule has 4 aromatic heterocycles. The summed E-state index contributed by atoms with van der Waals surface area (Å²) in [5.41, 5.74) is 0.769. The number of hydrogen-bond acceptors (Lipinski definition) is 11. The number of fused-ring (bicyclic) bond motifs is 2. The number of pyridine rings is 3. The molecule has 2 aliphatic heterocycles. The predicted molar refractivity (Wildman–Crippen MR) is 148 cm³/mol. The Kier molecular flexibility index (Phi) is 7.40. The summed E-state index contributed by atoms with van der Waals surface area (Å²) < 4.78 is 10.9. The summed E-state index contributed by atoms with van der Waals surface area (Å²) in [4.78, 5) is 33.1. The van der Waals surface area contributed by atoms with Crippen molar-refractivity contribution in [2.24, 2.45) is 0 Å². The Bertz CT molecular complexity index is 1450. The summed E-state index contributed by atoms with van der Waals surface area (Å²) >= 11 is 2.78. The van der Waals surface area contributed by atoms with E-state index in [1.165, 1.54) is 23.3 Å². The fourth-order valence-electron chi connectivity index (χ4n) is 5.31. The summed E-state index contributed by atoms with van der Waals surface area (Å²) in [5, 5.41) is 14.1. The number of aryl methyl sites for hydroxylation is 1. The third-order valence-electron chi connectivity index (χ3n) is 7.05. The van der Waals surface area contributed by atoms with Crippen LogP contribution in [-0.4, -0.2) is 58.9 Å². The molecule has 2 bridgehead atoms. The first-order valence-electron chi connectivity index (χ1n) is 12.8. The fourth-order valence-corrected chi connectivity index (χ4v) is 6.73. The Morgan fingerprint density at radius 3 is 2.69 bits per heavy atom. The van der Waals surface area contributed by atoms with Crippen LogP contribution in [0.2, 0.25) is 0 Å². The molecule has 2 N–H and O–H groups in total. The molecular formula is C27H27N7O3S2. The Morgan fingerprint density at radius 2 is 1.95 bits per heavy atom. The first kappa shape index (κ1) is 25.7. The molecule has 2 atom stereocenters. The van der Waals surface area contributed by atoms with Crippen LogP contribution in [0.15, 0.2) is 64.9 Å². The highest BCUT2D eigenvalue weighted by molar-refractivity contribution is 7.99. The van der Waals surface area contributed by atoms with Crippen molar-refractivity contribution in [2.45, 2.75) is 60.5 Å². The van der Waals surface area contributed by atoms with E-state index in [0.717, 1.165) is 47.1 Å². The zero-order chi connectivity index (χ0) is 26.8. The molecule has 12 heteroatoms. The monoisotopic (exact) mass is 561 g/mol. The number of anilines is 2. The van der Waals surface area contributed by atoms with E-state index in [0.29, 0.717) is 22.4 Å². The molecule has 6 heterocycles. The number of aromatic nitrogens is 5. The van der Waals surface area contributed by atoms with E-state index < -0.39 is 6.61 Å². The van der Waals surface area contributed by atoms with Gasteiger partial charge in [-0.25, -0.2) is 15.0 Å². The molecule has 39 heavy (non-hydrogen) atoms. The summed E-state index contributed by atoms with van der Waals surface area (Å²) in [7, 11) is 0. The molecule has 6 rings (SSSR count).